The molecule has 51 heavy (non-hydrogen) atoms. The van der Waals surface area contributed by atoms with Gasteiger partial charge in [0.25, 0.3) is 0 Å². The van der Waals surface area contributed by atoms with Gasteiger partial charge in [-0.05, 0) is 38.5 Å². The fourth-order valence-electron chi connectivity index (χ4n) is 6.44. The van der Waals surface area contributed by atoms with Gasteiger partial charge in [0, 0.05) is 12.8 Å². The summed E-state index contributed by atoms with van der Waals surface area (Å²) in [6, 6.07) is 0. The second-order valence-corrected chi connectivity index (χ2v) is 15.9. The van der Waals surface area contributed by atoms with Crippen molar-refractivity contribution < 1.29 is 42.7 Å². The van der Waals surface area contributed by atoms with Crippen LogP contribution < -0.4 is 0 Å². The zero-order valence-electron chi connectivity index (χ0n) is 32.7. The monoisotopic (exact) mass is 745 g/mol. The number of allylic oxidation sites excluding steroid dienone is 1. The Labute approximate surface area is 312 Å². The van der Waals surface area contributed by atoms with Crippen LogP contribution in [-0.4, -0.2) is 53.3 Å². The smallest absolute Gasteiger partial charge is 0.462 e. The van der Waals surface area contributed by atoms with Crippen LogP contribution in [-0.2, 0) is 32.9 Å². The van der Waals surface area contributed by atoms with Crippen LogP contribution in [0.4, 0.5) is 0 Å². The van der Waals surface area contributed by atoms with Crippen LogP contribution >= 0.6 is 7.82 Å². The van der Waals surface area contributed by atoms with Crippen LogP contribution in [0.3, 0.4) is 0 Å². The topological polar surface area (TPSA) is 132 Å². The Kier molecular flexibility index (Phi) is 31.2. The van der Waals surface area contributed by atoms with Crippen LogP contribution in [0.1, 0.15) is 206 Å². The largest absolute Gasteiger partial charge is 0.469 e. The van der Waals surface area contributed by atoms with E-state index in [9.17, 15) is 14.2 Å². The predicted molar refractivity (Wildman–Crippen MR) is 206 cm³/mol. The lowest BCUT2D eigenvalue weighted by Crippen LogP contribution is -2.29. The van der Waals surface area contributed by atoms with Crippen molar-refractivity contribution in [2.24, 2.45) is 0 Å². The van der Waals surface area contributed by atoms with Crippen molar-refractivity contribution in [1.29, 1.82) is 0 Å². The first-order valence-electron chi connectivity index (χ1n) is 21.1. The van der Waals surface area contributed by atoms with Gasteiger partial charge in [-0.15, -0.1) is 0 Å². The normalized spacial score (nSPS) is 16.5. The van der Waals surface area contributed by atoms with Crippen molar-refractivity contribution in [2.75, 3.05) is 13.2 Å². The maximum atomic E-state index is 12.4. The molecular weight excluding hydrogens is 667 g/mol. The molecule has 0 radical (unpaired) electrons. The zero-order chi connectivity index (χ0) is 37.3. The SMILES string of the molecule is CCCCCCCCCCCCCCCCCCCC(=O)O[C@H](COC(=O)CCCCCCC/C=C\CC1OC1CCCCC)COP(=O)(O)O. The molecule has 0 spiro atoms. The Balaban J connectivity index is 2.04. The van der Waals surface area contributed by atoms with Crippen LogP contribution in [0.5, 0.6) is 0 Å². The summed E-state index contributed by atoms with van der Waals surface area (Å²) in [5, 5.41) is 0. The minimum absolute atomic E-state index is 0.212. The van der Waals surface area contributed by atoms with E-state index >= 15 is 0 Å². The van der Waals surface area contributed by atoms with Gasteiger partial charge in [0.05, 0.1) is 18.8 Å². The predicted octanol–water partition coefficient (Wildman–Crippen LogP) is 11.6. The van der Waals surface area contributed by atoms with E-state index in [1.54, 1.807) is 0 Å². The highest BCUT2D eigenvalue weighted by Crippen LogP contribution is 2.36. The standard InChI is InChI=1S/C41H77O9P/c1-3-5-7-8-9-10-11-12-13-14-15-16-17-18-23-26-30-34-41(43)49-37(36-48-51(44,45)46)35-47-40(42)33-29-25-22-20-19-21-24-28-32-39-38(50-39)31-27-6-4-2/h24,28,37-39H,3-23,25-27,29-36H2,1-2H3,(H2,44,45,46)/b28-24-/t37-,38?,39?/m1/s1. The number of phosphoric ester groups is 1. The molecule has 2 unspecified atom stereocenters. The van der Waals surface area contributed by atoms with Crippen molar-refractivity contribution in [3.8, 4) is 0 Å². The van der Waals surface area contributed by atoms with Gasteiger partial charge in [-0.2, -0.15) is 0 Å². The van der Waals surface area contributed by atoms with Gasteiger partial charge in [-0.25, -0.2) is 4.57 Å². The summed E-state index contributed by atoms with van der Waals surface area (Å²) < 4.78 is 32.1. The van der Waals surface area contributed by atoms with Crippen LogP contribution in [0.2, 0.25) is 0 Å². The summed E-state index contributed by atoms with van der Waals surface area (Å²) in [6.45, 7) is 3.66. The van der Waals surface area contributed by atoms with Crippen molar-refractivity contribution in [1.82, 2.24) is 0 Å². The van der Waals surface area contributed by atoms with Gasteiger partial charge in [-0.3, -0.25) is 14.1 Å². The summed E-state index contributed by atoms with van der Waals surface area (Å²) in [4.78, 5) is 42.9. The number of hydrogen-bond donors (Lipinski definition) is 2. The summed E-state index contributed by atoms with van der Waals surface area (Å²) in [5.74, 6) is -0.896. The fraction of sp³-hybridized carbons (Fsp3) is 0.902. The van der Waals surface area contributed by atoms with Crippen molar-refractivity contribution in [2.45, 2.75) is 225 Å². The fourth-order valence-corrected chi connectivity index (χ4v) is 6.80. The third kappa shape index (κ3) is 33.1. The number of epoxide rings is 1. The Morgan fingerprint density at radius 2 is 1.08 bits per heavy atom. The Morgan fingerprint density at radius 3 is 1.61 bits per heavy atom. The molecular formula is C41H77O9P. The summed E-state index contributed by atoms with van der Waals surface area (Å²) in [7, 11) is -4.75. The number of unbranched alkanes of at least 4 members (excludes halogenated alkanes) is 23. The number of esters is 2. The Bertz CT molecular complexity index is 906. The van der Waals surface area contributed by atoms with E-state index < -0.39 is 32.5 Å². The van der Waals surface area contributed by atoms with E-state index in [1.165, 1.54) is 109 Å². The van der Waals surface area contributed by atoms with Crippen molar-refractivity contribution in [3.05, 3.63) is 12.2 Å². The minimum atomic E-state index is -4.75. The van der Waals surface area contributed by atoms with Crippen molar-refractivity contribution in [3.63, 3.8) is 0 Å². The lowest BCUT2D eigenvalue weighted by molar-refractivity contribution is -0.161. The molecule has 0 aromatic rings. The summed E-state index contributed by atoms with van der Waals surface area (Å²) >= 11 is 0. The third-order valence-corrected chi connectivity index (χ3v) is 10.2. The van der Waals surface area contributed by atoms with Gasteiger partial charge in [0.15, 0.2) is 6.10 Å². The zero-order valence-corrected chi connectivity index (χ0v) is 33.6. The maximum absolute atomic E-state index is 12.4. The second kappa shape index (κ2) is 33.3. The van der Waals surface area contributed by atoms with E-state index in [0.717, 1.165) is 57.8 Å². The molecule has 1 rings (SSSR count). The van der Waals surface area contributed by atoms with E-state index in [2.05, 4.69) is 30.5 Å². The molecule has 0 aliphatic carbocycles. The maximum Gasteiger partial charge on any atom is 0.469 e. The molecule has 1 saturated heterocycles. The first-order valence-corrected chi connectivity index (χ1v) is 22.6. The third-order valence-electron chi connectivity index (χ3n) is 9.71. The van der Waals surface area contributed by atoms with Crippen molar-refractivity contribution >= 4 is 19.8 Å². The first kappa shape index (κ1) is 47.8. The van der Waals surface area contributed by atoms with E-state index in [-0.39, 0.29) is 19.4 Å². The van der Waals surface area contributed by atoms with E-state index in [0.29, 0.717) is 25.0 Å². The number of ether oxygens (including phenoxy) is 3. The molecule has 300 valence electrons. The van der Waals surface area contributed by atoms with Crippen LogP contribution in [0, 0.1) is 0 Å². The molecule has 0 aromatic heterocycles. The van der Waals surface area contributed by atoms with Crippen LogP contribution in [0.15, 0.2) is 12.2 Å². The molecule has 9 nitrogen and oxygen atoms in total. The molecule has 10 heteroatoms. The van der Waals surface area contributed by atoms with Gasteiger partial charge in [0.1, 0.15) is 6.61 Å². The highest BCUT2D eigenvalue weighted by atomic mass is 31.2. The molecule has 3 atom stereocenters. The van der Waals surface area contributed by atoms with Gasteiger partial charge >= 0.3 is 19.8 Å². The first-order chi connectivity index (χ1) is 24.7. The molecule has 0 saturated carbocycles. The number of rotatable bonds is 38. The molecule has 1 aliphatic rings. The second-order valence-electron chi connectivity index (χ2n) is 14.7. The molecule has 1 aliphatic heterocycles. The van der Waals surface area contributed by atoms with Gasteiger partial charge in [-0.1, -0.05) is 167 Å². The van der Waals surface area contributed by atoms with Gasteiger partial charge < -0.3 is 24.0 Å². The number of carbonyl (C=O) groups is 2. The summed E-state index contributed by atoms with van der Waals surface area (Å²) in [6.07, 6.45) is 38.2. The lowest BCUT2D eigenvalue weighted by Gasteiger charge is -2.18. The minimum Gasteiger partial charge on any atom is -0.462 e. The Morgan fingerprint density at radius 1 is 0.608 bits per heavy atom. The molecule has 0 amide bonds. The van der Waals surface area contributed by atoms with E-state index in [1.807, 2.05) is 0 Å². The highest BCUT2D eigenvalue weighted by molar-refractivity contribution is 7.46. The number of phosphoric acid groups is 1. The average molecular weight is 745 g/mol. The molecule has 2 N–H and O–H groups in total. The molecule has 0 bridgehead atoms. The number of carbonyl (C=O) groups excluding carboxylic acids is 2. The van der Waals surface area contributed by atoms with E-state index in [4.69, 9.17) is 24.0 Å². The molecule has 0 aromatic carbocycles. The lowest BCUT2D eigenvalue weighted by atomic mass is 10.0. The number of hydrogen-bond acceptors (Lipinski definition) is 7. The average Bonchev–Trinajstić information content (AvgIpc) is 3.85. The quantitative estimate of drug-likeness (QED) is 0.0208. The molecule has 1 heterocycles. The molecule has 1 fully saturated rings. The van der Waals surface area contributed by atoms with Gasteiger partial charge in [0.2, 0.25) is 0 Å². The highest BCUT2D eigenvalue weighted by Gasteiger charge is 2.36. The summed E-state index contributed by atoms with van der Waals surface area (Å²) in [5.41, 5.74) is 0. The Hall–Kier alpha value is -1.25. The van der Waals surface area contributed by atoms with Crippen LogP contribution in [0.25, 0.3) is 0 Å².